The van der Waals surface area contributed by atoms with Gasteiger partial charge in [-0.1, -0.05) is 30.3 Å². The van der Waals surface area contributed by atoms with Crippen LogP contribution in [0, 0.1) is 5.92 Å². The minimum atomic E-state index is -4.09. The van der Waals surface area contributed by atoms with Crippen molar-refractivity contribution in [1.82, 2.24) is 15.5 Å². The van der Waals surface area contributed by atoms with Gasteiger partial charge in [0, 0.05) is 20.1 Å². The molecule has 0 atom stereocenters. The molecular formula is C20H32F3IN4. The highest BCUT2D eigenvalue weighted by molar-refractivity contribution is 14.0. The van der Waals surface area contributed by atoms with Crippen LogP contribution in [-0.2, 0) is 6.42 Å². The van der Waals surface area contributed by atoms with E-state index >= 15 is 0 Å². The fourth-order valence-corrected chi connectivity index (χ4v) is 3.45. The first-order valence-electron chi connectivity index (χ1n) is 9.74. The molecule has 28 heavy (non-hydrogen) atoms. The molecule has 0 bridgehead atoms. The van der Waals surface area contributed by atoms with E-state index in [1.54, 1.807) is 7.05 Å². The van der Waals surface area contributed by atoms with Crippen LogP contribution in [-0.4, -0.2) is 56.8 Å². The minimum absolute atomic E-state index is 0. The van der Waals surface area contributed by atoms with Crippen molar-refractivity contribution in [3.05, 3.63) is 35.9 Å². The Bertz CT molecular complexity index is 558. The van der Waals surface area contributed by atoms with Crippen molar-refractivity contribution in [3.8, 4) is 0 Å². The number of nitrogens with zero attached hydrogens (tertiary/aromatic N) is 2. The van der Waals surface area contributed by atoms with Gasteiger partial charge in [-0.05, 0) is 56.7 Å². The van der Waals surface area contributed by atoms with Crippen LogP contribution in [0.4, 0.5) is 13.2 Å². The highest BCUT2D eigenvalue weighted by Gasteiger charge is 2.32. The Hall–Kier alpha value is -1.03. The fourth-order valence-electron chi connectivity index (χ4n) is 3.45. The van der Waals surface area contributed by atoms with Crippen molar-refractivity contribution in [2.24, 2.45) is 10.9 Å². The number of hydrogen-bond acceptors (Lipinski definition) is 2. The second-order valence-electron chi connectivity index (χ2n) is 7.14. The van der Waals surface area contributed by atoms with Crippen molar-refractivity contribution in [3.63, 3.8) is 0 Å². The number of rotatable bonds is 8. The van der Waals surface area contributed by atoms with Gasteiger partial charge in [-0.3, -0.25) is 9.89 Å². The number of hydrogen-bond donors (Lipinski definition) is 2. The summed E-state index contributed by atoms with van der Waals surface area (Å²) >= 11 is 0. The largest absolute Gasteiger partial charge is 0.401 e. The standard InChI is InChI=1S/C20H31F3N4.HI/c1-24-19(25-12-5-8-17-6-3-2-4-7-17)26-13-9-18-10-14-27(15-11-18)16-20(21,22)23;/h2-4,6-7,18H,5,8-16H2,1H3,(H2,24,25,26);1H. The Morgan fingerprint density at radius 2 is 1.75 bits per heavy atom. The number of aliphatic imine (C=N–C) groups is 1. The van der Waals surface area contributed by atoms with Crippen LogP contribution < -0.4 is 10.6 Å². The first kappa shape index (κ1) is 25.0. The second kappa shape index (κ2) is 13.2. The summed E-state index contributed by atoms with van der Waals surface area (Å²) < 4.78 is 37.3. The molecule has 0 saturated carbocycles. The Morgan fingerprint density at radius 3 is 2.36 bits per heavy atom. The smallest absolute Gasteiger partial charge is 0.356 e. The zero-order valence-corrected chi connectivity index (χ0v) is 18.8. The Balaban J connectivity index is 0.00000392. The number of guanidine groups is 1. The number of likely N-dealkylation sites (tertiary alicyclic amines) is 1. The Labute approximate surface area is 183 Å². The molecule has 0 aliphatic carbocycles. The molecule has 0 aromatic heterocycles. The fraction of sp³-hybridized carbons (Fsp3) is 0.650. The Kier molecular flexibility index (Phi) is 11.8. The van der Waals surface area contributed by atoms with Gasteiger partial charge in [-0.25, -0.2) is 0 Å². The molecule has 1 aromatic rings. The molecule has 1 saturated heterocycles. The summed E-state index contributed by atoms with van der Waals surface area (Å²) in [6, 6.07) is 10.4. The van der Waals surface area contributed by atoms with E-state index < -0.39 is 12.7 Å². The van der Waals surface area contributed by atoms with Crippen LogP contribution in [0.25, 0.3) is 0 Å². The third-order valence-corrected chi connectivity index (χ3v) is 4.96. The number of halogens is 4. The van der Waals surface area contributed by atoms with Crippen LogP contribution in [0.1, 0.15) is 31.2 Å². The zero-order valence-electron chi connectivity index (χ0n) is 16.5. The number of nitrogens with one attached hydrogen (secondary N) is 2. The molecular weight excluding hydrogens is 480 g/mol. The quantitative estimate of drug-likeness (QED) is 0.239. The van der Waals surface area contributed by atoms with E-state index in [0.717, 1.165) is 51.2 Å². The first-order chi connectivity index (χ1) is 13.0. The first-order valence-corrected chi connectivity index (χ1v) is 9.74. The maximum atomic E-state index is 12.4. The summed E-state index contributed by atoms with van der Waals surface area (Å²) in [7, 11) is 1.75. The molecule has 1 fully saturated rings. The van der Waals surface area contributed by atoms with Crippen molar-refractivity contribution < 1.29 is 13.2 Å². The highest BCUT2D eigenvalue weighted by Crippen LogP contribution is 2.23. The minimum Gasteiger partial charge on any atom is -0.356 e. The summed E-state index contributed by atoms with van der Waals surface area (Å²) in [6.07, 6.45) is 0.600. The van der Waals surface area contributed by atoms with Crippen LogP contribution in [0.2, 0.25) is 0 Å². The summed E-state index contributed by atoms with van der Waals surface area (Å²) in [4.78, 5) is 5.74. The van der Waals surface area contributed by atoms with E-state index in [1.807, 2.05) is 6.07 Å². The third-order valence-electron chi connectivity index (χ3n) is 4.96. The summed E-state index contributed by atoms with van der Waals surface area (Å²) in [6.45, 7) is 1.94. The van der Waals surface area contributed by atoms with Gasteiger partial charge in [0.1, 0.15) is 0 Å². The lowest BCUT2D eigenvalue weighted by atomic mass is 9.93. The van der Waals surface area contributed by atoms with Crippen LogP contribution in [0.3, 0.4) is 0 Å². The predicted octanol–water partition coefficient (Wildman–Crippen LogP) is 4.07. The van der Waals surface area contributed by atoms with Gasteiger partial charge in [0.05, 0.1) is 6.54 Å². The maximum Gasteiger partial charge on any atom is 0.401 e. The lowest BCUT2D eigenvalue weighted by Gasteiger charge is -2.32. The molecule has 2 rings (SSSR count). The molecule has 0 unspecified atom stereocenters. The average Bonchev–Trinajstić information content (AvgIpc) is 2.64. The normalized spacial score (nSPS) is 16.5. The van der Waals surface area contributed by atoms with E-state index in [4.69, 9.17) is 0 Å². The van der Waals surface area contributed by atoms with Crippen LogP contribution in [0.15, 0.2) is 35.3 Å². The third kappa shape index (κ3) is 10.5. The van der Waals surface area contributed by atoms with Gasteiger partial charge >= 0.3 is 6.18 Å². The van der Waals surface area contributed by atoms with E-state index in [2.05, 4.69) is 39.9 Å². The van der Waals surface area contributed by atoms with Crippen LogP contribution in [0.5, 0.6) is 0 Å². The monoisotopic (exact) mass is 512 g/mol. The van der Waals surface area contributed by atoms with E-state index in [-0.39, 0.29) is 24.0 Å². The molecule has 1 aliphatic heterocycles. The summed E-state index contributed by atoms with van der Waals surface area (Å²) in [5, 5.41) is 6.63. The highest BCUT2D eigenvalue weighted by atomic mass is 127. The average molecular weight is 512 g/mol. The summed E-state index contributed by atoms with van der Waals surface area (Å²) in [5.41, 5.74) is 1.33. The van der Waals surface area contributed by atoms with E-state index in [0.29, 0.717) is 19.0 Å². The molecule has 1 heterocycles. The number of benzene rings is 1. The molecule has 1 aromatic carbocycles. The zero-order chi connectivity index (χ0) is 19.5. The Morgan fingerprint density at radius 1 is 1.11 bits per heavy atom. The van der Waals surface area contributed by atoms with Gasteiger partial charge in [0.15, 0.2) is 5.96 Å². The predicted molar refractivity (Wildman–Crippen MR) is 119 cm³/mol. The molecule has 0 amide bonds. The van der Waals surface area contributed by atoms with Gasteiger partial charge < -0.3 is 10.6 Å². The molecule has 0 radical (unpaired) electrons. The molecule has 1 aliphatic rings. The maximum absolute atomic E-state index is 12.4. The molecule has 160 valence electrons. The topological polar surface area (TPSA) is 39.7 Å². The van der Waals surface area contributed by atoms with Crippen molar-refractivity contribution in [2.75, 3.05) is 39.8 Å². The number of aryl methyl sites for hydroxylation is 1. The molecule has 0 spiro atoms. The lowest BCUT2D eigenvalue weighted by molar-refractivity contribution is -0.148. The van der Waals surface area contributed by atoms with Crippen molar-refractivity contribution in [2.45, 2.75) is 38.3 Å². The molecule has 4 nitrogen and oxygen atoms in total. The van der Waals surface area contributed by atoms with Gasteiger partial charge in [-0.15, -0.1) is 24.0 Å². The lowest BCUT2D eigenvalue weighted by Crippen LogP contribution is -2.41. The van der Waals surface area contributed by atoms with E-state index in [1.165, 1.54) is 10.5 Å². The van der Waals surface area contributed by atoms with Crippen LogP contribution >= 0.6 is 24.0 Å². The van der Waals surface area contributed by atoms with Gasteiger partial charge in [0.2, 0.25) is 0 Å². The number of alkyl halides is 3. The van der Waals surface area contributed by atoms with Crippen molar-refractivity contribution in [1.29, 1.82) is 0 Å². The van der Waals surface area contributed by atoms with E-state index in [9.17, 15) is 13.2 Å². The van der Waals surface area contributed by atoms with Gasteiger partial charge in [0.25, 0.3) is 0 Å². The SMILES string of the molecule is CN=C(NCCCc1ccccc1)NCCC1CCN(CC(F)(F)F)CC1.I. The molecule has 8 heteroatoms. The number of piperidine rings is 1. The second-order valence-corrected chi connectivity index (χ2v) is 7.14. The van der Waals surface area contributed by atoms with Gasteiger partial charge in [-0.2, -0.15) is 13.2 Å². The van der Waals surface area contributed by atoms with Crippen molar-refractivity contribution >= 4 is 29.9 Å². The molecule has 2 N–H and O–H groups in total. The summed E-state index contributed by atoms with van der Waals surface area (Å²) in [5.74, 6) is 1.27.